The van der Waals surface area contributed by atoms with Crippen LogP contribution in [0.2, 0.25) is 0 Å². The number of thiophene rings is 1. The number of likely N-dealkylation sites (tertiary alicyclic amines) is 1. The highest BCUT2D eigenvalue weighted by Crippen LogP contribution is 2.23. The van der Waals surface area contributed by atoms with Crippen LogP contribution in [0, 0.1) is 6.92 Å². The van der Waals surface area contributed by atoms with Crippen molar-refractivity contribution in [2.45, 2.75) is 30.0 Å². The maximum atomic E-state index is 12.5. The van der Waals surface area contributed by atoms with Crippen molar-refractivity contribution in [3.8, 4) is 0 Å². The van der Waals surface area contributed by atoms with Crippen molar-refractivity contribution in [2.75, 3.05) is 19.3 Å². The number of hydrogen-bond acceptors (Lipinski definition) is 6. The first-order valence-corrected chi connectivity index (χ1v) is 11.0. The molecule has 0 unspecified atom stereocenters. The van der Waals surface area contributed by atoms with E-state index >= 15 is 0 Å². The van der Waals surface area contributed by atoms with Gasteiger partial charge in [-0.2, -0.15) is 0 Å². The molecule has 0 aliphatic carbocycles. The molecular formula is C17H20N2O5S2. The van der Waals surface area contributed by atoms with Crippen LogP contribution in [-0.4, -0.2) is 50.5 Å². The average molecular weight is 396 g/mol. The van der Waals surface area contributed by atoms with Gasteiger partial charge in [0.1, 0.15) is 9.97 Å². The number of rotatable bonds is 4. The topological polar surface area (TPSA) is 96.7 Å². The van der Waals surface area contributed by atoms with Gasteiger partial charge in [-0.1, -0.05) is 0 Å². The molecule has 3 heterocycles. The van der Waals surface area contributed by atoms with Gasteiger partial charge in [-0.3, -0.25) is 9.59 Å². The molecule has 140 valence electrons. The Bertz CT molecular complexity index is 921. The Morgan fingerprint density at radius 3 is 2.54 bits per heavy atom. The molecule has 1 aliphatic rings. The lowest BCUT2D eigenvalue weighted by molar-refractivity contribution is 0.0698. The standard InChI is InChI=1S/C17H20N2O5S2/c1-11-14(5-8-24-11)16(20)18-13-3-6-19(7-4-13)17(21)12-9-15(25-10-12)26(2,22)23/h5,8-10,13H,3-4,6-7H2,1-2H3,(H,18,20). The van der Waals surface area contributed by atoms with Gasteiger partial charge in [0.15, 0.2) is 9.84 Å². The van der Waals surface area contributed by atoms with Crippen LogP contribution in [0.4, 0.5) is 0 Å². The molecule has 0 bridgehead atoms. The van der Waals surface area contributed by atoms with E-state index in [1.54, 1.807) is 23.3 Å². The fourth-order valence-corrected chi connectivity index (χ4v) is 4.71. The summed E-state index contributed by atoms with van der Waals surface area (Å²) >= 11 is 1.06. The van der Waals surface area contributed by atoms with Crippen LogP contribution >= 0.6 is 11.3 Å². The lowest BCUT2D eigenvalue weighted by Crippen LogP contribution is -2.46. The minimum absolute atomic E-state index is 0.00472. The minimum Gasteiger partial charge on any atom is -0.469 e. The number of furan rings is 1. The van der Waals surface area contributed by atoms with Crippen LogP contribution in [0.3, 0.4) is 0 Å². The van der Waals surface area contributed by atoms with Crippen LogP contribution in [0.1, 0.15) is 39.3 Å². The van der Waals surface area contributed by atoms with Gasteiger partial charge in [0, 0.05) is 30.8 Å². The number of nitrogens with one attached hydrogen (secondary N) is 1. The highest BCUT2D eigenvalue weighted by Gasteiger charge is 2.26. The SMILES string of the molecule is Cc1occc1C(=O)NC1CCN(C(=O)c2csc(S(C)(=O)=O)c2)CC1. The molecule has 1 fully saturated rings. The molecule has 0 atom stereocenters. The second-order valence-corrected chi connectivity index (χ2v) is 9.51. The molecule has 7 nitrogen and oxygen atoms in total. The van der Waals surface area contributed by atoms with Gasteiger partial charge in [0.2, 0.25) is 0 Å². The first-order chi connectivity index (χ1) is 12.3. The Labute approximate surface area is 155 Å². The number of aryl methyl sites for hydroxylation is 1. The van der Waals surface area contributed by atoms with E-state index < -0.39 is 9.84 Å². The monoisotopic (exact) mass is 396 g/mol. The zero-order chi connectivity index (χ0) is 18.9. The predicted molar refractivity (Wildman–Crippen MR) is 97.3 cm³/mol. The lowest BCUT2D eigenvalue weighted by Gasteiger charge is -2.32. The van der Waals surface area contributed by atoms with E-state index in [1.165, 1.54) is 12.3 Å². The third-order valence-corrected chi connectivity index (χ3v) is 7.18. The number of sulfone groups is 1. The smallest absolute Gasteiger partial charge is 0.255 e. The summed E-state index contributed by atoms with van der Waals surface area (Å²) in [6, 6.07) is 3.06. The average Bonchev–Trinajstić information content (AvgIpc) is 3.23. The van der Waals surface area contributed by atoms with Crippen LogP contribution < -0.4 is 5.32 Å². The van der Waals surface area contributed by atoms with Crippen LogP contribution in [0.15, 0.2) is 32.4 Å². The molecular weight excluding hydrogens is 376 g/mol. The normalized spacial score (nSPS) is 15.8. The summed E-state index contributed by atoms with van der Waals surface area (Å²) in [5.41, 5.74) is 0.919. The number of piperidine rings is 1. The van der Waals surface area contributed by atoms with Crippen molar-refractivity contribution in [1.82, 2.24) is 10.2 Å². The van der Waals surface area contributed by atoms with Gasteiger partial charge >= 0.3 is 0 Å². The van der Waals surface area contributed by atoms with E-state index in [4.69, 9.17) is 4.42 Å². The molecule has 1 saturated heterocycles. The zero-order valence-corrected chi connectivity index (χ0v) is 16.2. The first-order valence-electron chi connectivity index (χ1n) is 8.18. The van der Waals surface area contributed by atoms with Crippen LogP contribution in [0.25, 0.3) is 0 Å². The van der Waals surface area contributed by atoms with Gasteiger partial charge < -0.3 is 14.6 Å². The molecule has 2 amide bonds. The fraction of sp³-hybridized carbons (Fsp3) is 0.412. The van der Waals surface area contributed by atoms with E-state index in [-0.39, 0.29) is 22.1 Å². The summed E-state index contributed by atoms with van der Waals surface area (Å²) in [6.45, 7) is 2.76. The van der Waals surface area contributed by atoms with Crippen molar-refractivity contribution in [2.24, 2.45) is 0 Å². The second-order valence-electron chi connectivity index (χ2n) is 6.36. The Balaban J connectivity index is 1.56. The number of nitrogens with zero attached hydrogens (tertiary/aromatic N) is 1. The summed E-state index contributed by atoms with van der Waals surface area (Å²) in [4.78, 5) is 26.5. The third kappa shape index (κ3) is 3.99. The summed E-state index contributed by atoms with van der Waals surface area (Å²) in [7, 11) is -3.30. The van der Waals surface area contributed by atoms with Gasteiger partial charge in [-0.05, 0) is 31.9 Å². The van der Waals surface area contributed by atoms with E-state index in [9.17, 15) is 18.0 Å². The molecule has 0 radical (unpaired) electrons. The van der Waals surface area contributed by atoms with Gasteiger partial charge in [0.05, 0.1) is 17.4 Å². The summed E-state index contributed by atoms with van der Waals surface area (Å²) in [6.07, 6.45) is 3.91. The second kappa shape index (κ2) is 7.24. The number of carbonyl (C=O) groups excluding carboxylic acids is 2. The minimum atomic E-state index is -3.30. The van der Waals surface area contributed by atoms with E-state index in [2.05, 4.69) is 5.32 Å². The van der Waals surface area contributed by atoms with E-state index in [1.807, 2.05) is 0 Å². The van der Waals surface area contributed by atoms with Crippen molar-refractivity contribution < 1.29 is 22.4 Å². The molecule has 1 aliphatic heterocycles. The Kier molecular flexibility index (Phi) is 5.19. The molecule has 9 heteroatoms. The molecule has 3 rings (SSSR count). The van der Waals surface area contributed by atoms with Gasteiger partial charge in [-0.15, -0.1) is 11.3 Å². The molecule has 0 saturated carbocycles. The highest BCUT2D eigenvalue weighted by molar-refractivity contribution is 7.92. The Morgan fingerprint density at radius 1 is 1.31 bits per heavy atom. The largest absolute Gasteiger partial charge is 0.469 e. The van der Waals surface area contributed by atoms with Crippen LogP contribution in [-0.2, 0) is 9.84 Å². The molecule has 1 N–H and O–H groups in total. The summed E-state index contributed by atoms with van der Waals surface area (Å²) in [5.74, 6) is 0.234. The van der Waals surface area contributed by atoms with Gasteiger partial charge in [-0.25, -0.2) is 8.42 Å². The third-order valence-electron chi connectivity index (χ3n) is 4.41. The maximum Gasteiger partial charge on any atom is 0.255 e. The predicted octanol–water partition coefficient (Wildman–Crippen LogP) is 2.09. The molecule has 2 aromatic rings. The summed E-state index contributed by atoms with van der Waals surface area (Å²) in [5, 5.41) is 4.55. The zero-order valence-electron chi connectivity index (χ0n) is 14.5. The number of hydrogen-bond donors (Lipinski definition) is 1. The lowest BCUT2D eigenvalue weighted by atomic mass is 10.0. The van der Waals surface area contributed by atoms with Gasteiger partial charge in [0.25, 0.3) is 11.8 Å². The van der Waals surface area contributed by atoms with E-state index in [0.717, 1.165) is 17.6 Å². The molecule has 26 heavy (non-hydrogen) atoms. The Morgan fingerprint density at radius 2 is 2.00 bits per heavy atom. The Hall–Kier alpha value is -2.13. The van der Waals surface area contributed by atoms with Crippen LogP contribution in [0.5, 0.6) is 0 Å². The highest BCUT2D eigenvalue weighted by atomic mass is 32.2. The fourth-order valence-electron chi connectivity index (χ4n) is 2.92. The van der Waals surface area contributed by atoms with Crippen molar-refractivity contribution >= 4 is 33.0 Å². The molecule has 0 spiro atoms. The first kappa shape index (κ1) is 18.7. The molecule has 2 aromatic heterocycles. The van der Waals surface area contributed by atoms with Crippen molar-refractivity contribution in [3.63, 3.8) is 0 Å². The quantitative estimate of drug-likeness (QED) is 0.854. The van der Waals surface area contributed by atoms with Crippen molar-refractivity contribution in [1.29, 1.82) is 0 Å². The molecule has 0 aromatic carbocycles. The summed E-state index contributed by atoms with van der Waals surface area (Å²) < 4.78 is 28.4. The van der Waals surface area contributed by atoms with E-state index in [0.29, 0.717) is 42.8 Å². The maximum absolute atomic E-state index is 12.5. The number of amides is 2. The van der Waals surface area contributed by atoms with Crippen molar-refractivity contribution in [3.05, 3.63) is 40.7 Å². The number of carbonyl (C=O) groups is 2.